The minimum Gasteiger partial charge on any atom is -0.411 e. The quantitative estimate of drug-likeness (QED) is 0.226. The van der Waals surface area contributed by atoms with Gasteiger partial charge in [-0.15, -0.1) is 0 Å². The molecular formula is C17H20BrFN6O3S. The average Bonchev–Trinajstić information content (AvgIpc) is 3.34. The second kappa shape index (κ2) is 9.44. The first-order valence-electron chi connectivity index (χ1n) is 8.91. The van der Waals surface area contributed by atoms with E-state index in [0.717, 1.165) is 12.8 Å². The summed E-state index contributed by atoms with van der Waals surface area (Å²) in [6.45, 7) is 0.704. The molecule has 0 amide bonds. The summed E-state index contributed by atoms with van der Waals surface area (Å²) >= 11 is 3.08. The first kappa shape index (κ1) is 21.4. The molecule has 2 aromatic rings. The van der Waals surface area contributed by atoms with E-state index >= 15 is 0 Å². The van der Waals surface area contributed by atoms with E-state index < -0.39 is 15.5 Å². The van der Waals surface area contributed by atoms with Crippen LogP contribution in [0.1, 0.15) is 30.5 Å². The molecule has 156 valence electrons. The van der Waals surface area contributed by atoms with Crippen LogP contribution in [0, 0.1) is 11.2 Å². The molecule has 1 aromatic carbocycles. The van der Waals surface area contributed by atoms with Crippen molar-refractivity contribution in [3.63, 3.8) is 0 Å². The lowest BCUT2D eigenvalue weighted by molar-refractivity contribution is 0.304. The Bertz CT molecular complexity index is 1040. The second-order valence-electron chi connectivity index (χ2n) is 6.46. The van der Waals surface area contributed by atoms with Crippen molar-refractivity contribution in [3.8, 4) is 0 Å². The van der Waals surface area contributed by atoms with E-state index in [1.54, 1.807) is 0 Å². The zero-order chi connectivity index (χ0) is 20.9. The van der Waals surface area contributed by atoms with Gasteiger partial charge in [-0.05, 0) is 56.8 Å². The molecule has 9 nitrogen and oxygen atoms in total. The minimum absolute atomic E-state index is 0.0675. The van der Waals surface area contributed by atoms with Crippen LogP contribution >= 0.6 is 15.9 Å². The number of rotatable bonds is 8. The molecule has 29 heavy (non-hydrogen) atoms. The van der Waals surface area contributed by atoms with Gasteiger partial charge in [0.1, 0.15) is 11.5 Å². The third-order valence-electron chi connectivity index (χ3n) is 4.40. The van der Waals surface area contributed by atoms with Gasteiger partial charge < -0.3 is 15.9 Å². The SMILES string of the molecule is N=C(C/C(=N\O)c1nonc1NCCN=S1(=O)CCCC1)c1ccc(F)c(Br)c1. The van der Waals surface area contributed by atoms with E-state index in [9.17, 15) is 13.8 Å². The van der Waals surface area contributed by atoms with Gasteiger partial charge in [0.15, 0.2) is 11.5 Å². The Labute approximate surface area is 175 Å². The van der Waals surface area contributed by atoms with Crippen molar-refractivity contribution in [1.82, 2.24) is 10.3 Å². The molecule has 12 heteroatoms. The summed E-state index contributed by atoms with van der Waals surface area (Å²) in [4.78, 5) is 0. The number of halogens is 2. The second-order valence-corrected chi connectivity index (χ2v) is 9.93. The highest BCUT2D eigenvalue weighted by Crippen LogP contribution is 2.20. The van der Waals surface area contributed by atoms with Gasteiger partial charge in [-0.3, -0.25) is 0 Å². The summed E-state index contributed by atoms with van der Waals surface area (Å²) in [5, 5.41) is 31.3. The topological polar surface area (TPSA) is 137 Å². The van der Waals surface area contributed by atoms with Gasteiger partial charge in [-0.25, -0.2) is 17.6 Å². The van der Waals surface area contributed by atoms with Crippen molar-refractivity contribution >= 4 is 42.9 Å². The lowest BCUT2D eigenvalue weighted by Crippen LogP contribution is -2.15. The first-order chi connectivity index (χ1) is 13.9. The van der Waals surface area contributed by atoms with E-state index in [2.05, 4.69) is 41.1 Å². The molecule has 1 aromatic heterocycles. The molecule has 3 rings (SSSR count). The number of nitrogens with one attached hydrogen (secondary N) is 2. The molecule has 0 bridgehead atoms. The fourth-order valence-corrected chi connectivity index (χ4v) is 5.46. The highest BCUT2D eigenvalue weighted by atomic mass is 79.9. The molecule has 0 unspecified atom stereocenters. The lowest BCUT2D eigenvalue weighted by Gasteiger charge is -2.07. The van der Waals surface area contributed by atoms with Gasteiger partial charge in [0.25, 0.3) is 0 Å². The number of hydrogen-bond donors (Lipinski definition) is 3. The summed E-state index contributed by atoms with van der Waals surface area (Å²) in [5.41, 5.74) is 0.784. The third kappa shape index (κ3) is 5.38. The van der Waals surface area contributed by atoms with Gasteiger partial charge in [0.2, 0.25) is 0 Å². The summed E-state index contributed by atoms with van der Waals surface area (Å²) in [6, 6.07) is 4.18. The molecule has 0 radical (unpaired) electrons. The zero-order valence-corrected chi connectivity index (χ0v) is 17.8. The van der Waals surface area contributed by atoms with E-state index in [-0.39, 0.29) is 33.8 Å². The standard InChI is InChI=1S/C17H20BrFN6O3S/c18-12-9-11(3-4-13(12)19)14(20)10-15(23-26)16-17(25-28-24-16)21-5-6-22-29(27)7-1-2-8-29/h3-4,9,20,26H,1-2,5-8,10H2,(H,21,25)/b20-14?,23-15+. The van der Waals surface area contributed by atoms with E-state index in [1.165, 1.54) is 18.2 Å². The van der Waals surface area contributed by atoms with Crippen molar-refractivity contribution in [1.29, 1.82) is 5.41 Å². The summed E-state index contributed by atoms with van der Waals surface area (Å²) in [5.74, 6) is 1.09. The minimum atomic E-state index is -2.08. The van der Waals surface area contributed by atoms with Gasteiger partial charge in [-0.1, -0.05) is 11.2 Å². The molecule has 0 spiro atoms. The Morgan fingerprint density at radius 1 is 1.38 bits per heavy atom. The maximum Gasteiger partial charge on any atom is 0.200 e. The Morgan fingerprint density at radius 3 is 2.83 bits per heavy atom. The van der Waals surface area contributed by atoms with Crippen molar-refractivity contribution in [2.24, 2.45) is 9.52 Å². The number of benzene rings is 1. The zero-order valence-electron chi connectivity index (χ0n) is 15.4. The largest absolute Gasteiger partial charge is 0.411 e. The van der Waals surface area contributed by atoms with Gasteiger partial charge >= 0.3 is 0 Å². The predicted molar refractivity (Wildman–Crippen MR) is 111 cm³/mol. The van der Waals surface area contributed by atoms with Crippen molar-refractivity contribution in [2.75, 3.05) is 29.9 Å². The highest BCUT2D eigenvalue weighted by Gasteiger charge is 2.20. The molecule has 1 aliphatic heterocycles. The molecule has 0 aliphatic carbocycles. The summed E-state index contributed by atoms with van der Waals surface area (Å²) < 4.78 is 35.0. The summed E-state index contributed by atoms with van der Waals surface area (Å²) in [7, 11) is -2.08. The first-order valence-corrected chi connectivity index (χ1v) is 11.6. The Hall–Kier alpha value is -2.34. The Morgan fingerprint density at radius 2 is 2.14 bits per heavy atom. The van der Waals surface area contributed by atoms with Gasteiger partial charge in [0, 0.05) is 39.9 Å². The number of hydrogen-bond acceptors (Lipinski definition) is 9. The number of oxime groups is 1. The Kier molecular flexibility index (Phi) is 6.96. The lowest BCUT2D eigenvalue weighted by atomic mass is 10.0. The predicted octanol–water partition coefficient (Wildman–Crippen LogP) is 3.28. The number of anilines is 1. The maximum atomic E-state index is 13.4. The van der Waals surface area contributed by atoms with Crippen LogP contribution in [0.4, 0.5) is 10.2 Å². The normalized spacial score (nSPS) is 16.0. The smallest absolute Gasteiger partial charge is 0.200 e. The molecule has 0 saturated carbocycles. The molecule has 1 aliphatic rings. The maximum absolute atomic E-state index is 13.4. The number of nitrogens with zero attached hydrogens (tertiary/aromatic N) is 4. The molecule has 1 fully saturated rings. The number of aromatic nitrogens is 2. The van der Waals surface area contributed by atoms with Crippen LogP contribution < -0.4 is 5.32 Å². The van der Waals surface area contributed by atoms with Crippen LogP contribution in [0.15, 0.2) is 36.8 Å². The fourth-order valence-electron chi connectivity index (χ4n) is 2.89. The van der Waals surface area contributed by atoms with Crippen molar-refractivity contribution < 1.29 is 18.4 Å². The molecular weight excluding hydrogens is 467 g/mol. The monoisotopic (exact) mass is 486 g/mol. The van der Waals surface area contributed by atoms with Crippen LogP contribution in [0.5, 0.6) is 0 Å². The van der Waals surface area contributed by atoms with Crippen LogP contribution in [0.25, 0.3) is 0 Å². The average molecular weight is 487 g/mol. The van der Waals surface area contributed by atoms with E-state index in [4.69, 9.17) is 10.0 Å². The Balaban J connectivity index is 1.64. The fraction of sp³-hybridized carbons (Fsp3) is 0.412. The molecule has 2 heterocycles. The highest BCUT2D eigenvalue weighted by molar-refractivity contribution is 9.10. The summed E-state index contributed by atoms with van der Waals surface area (Å²) in [6.07, 6.45) is 1.82. The van der Waals surface area contributed by atoms with Gasteiger partial charge in [-0.2, -0.15) is 0 Å². The van der Waals surface area contributed by atoms with Crippen LogP contribution in [0.2, 0.25) is 0 Å². The van der Waals surface area contributed by atoms with Gasteiger partial charge in [0.05, 0.1) is 11.0 Å². The van der Waals surface area contributed by atoms with Crippen LogP contribution in [-0.4, -0.2) is 55.7 Å². The van der Waals surface area contributed by atoms with Crippen molar-refractivity contribution in [2.45, 2.75) is 19.3 Å². The molecule has 0 atom stereocenters. The molecule has 3 N–H and O–H groups in total. The van der Waals surface area contributed by atoms with Crippen molar-refractivity contribution in [3.05, 3.63) is 39.7 Å². The third-order valence-corrected chi connectivity index (χ3v) is 7.52. The van der Waals surface area contributed by atoms with Crippen LogP contribution in [0.3, 0.4) is 0 Å². The van der Waals surface area contributed by atoms with E-state index in [1.807, 2.05) is 0 Å². The van der Waals surface area contributed by atoms with Crippen LogP contribution in [-0.2, 0) is 9.73 Å². The molecule has 1 saturated heterocycles. The van der Waals surface area contributed by atoms with E-state index in [0.29, 0.717) is 30.2 Å².